The summed E-state index contributed by atoms with van der Waals surface area (Å²) in [6.45, 7) is 0. The molecule has 1 aromatic heterocycles. The summed E-state index contributed by atoms with van der Waals surface area (Å²) in [5.74, 6) is -1.39. The topological polar surface area (TPSA) is 39.2 Å². The molecule has 0 atom stereocenters. The first-order chi connectivity index (χ1) is 5.66. The Balaban J connectivity index is 3.16. The Labute approximate surface area is 76.7 Å². The van der Waals surface area contributed by atoms with Crippen molar-refractivity contribution in [2.45, 2.75) is 0 Å². The summed E-state index contributed by atoms with van der Waals surface area (Å²) in [7, 11) is 1.18. The SMILES string of the molecule is COC(=O)c1cncc(Br)c1F. The third-order valence-corrected chi connectivity index (χ3v) is 1.80. The molecule has 0 saturated carbocycles. The zero-order valence-electron chi connectivity index (χ0n) is 6.17. The van der Waals surface area contributed by atoms with Crippen LogP contribution < -0.4 is 0 Å². The van der Waals surface area contributed by atoms with Crippen molar-refractivity contribution < 1.29 is 13.9 Å². The molecule has 12 heavy (non-hydrogen) atoms. The molecule has 0 aliphatic heterocycles. The van der Waals surface area contributed by atoms with Gasteiger partial charge in [-0.25, -0.2) is 9.18 Å². The van der Waals surface area contributed by atoms with Crippen LogP contribution in [0, 0.1) is 5.82 Å². The zero-order chi connectivity index (χ0) is 9.14. The van der Waals surface area contributed by atoms with Gasteiger partial charge in [-0.1, -0.05) is 0 Å². The van der Waals surface area contributed by atoms with Crippen LogP contribution in [0.25, 0.3) is 0 Å². The summed E-state index contributed by atoms with van der Waals surface area (Å²) in [5, 5.41) is 0. The lowest BCUT2D eigenvalue weighted by Crippen LogP contribution is -2.05. The maximum atomic E-state index is 13.1. The fourth-order valence-electron chi connectivity index (χ4n) is 0.672. The van der Waals surface area contributed by atoms with Crippen molar-refractivity contribution in [3.63, 3.8) is 0 Å². The summed E-state index contributed by atoms with van der Waals surface area (Å²) in [6.07, 6.45) is 2.38. The van der Waals surface area contributed by atoms with Gasteiger partial charge in [0.2, 0.25) is 0 Å². The number of esters is 1. The predicted molar refractivity (Wildman–Crippen MR) is 43.2 cm³/mol. The van der Waals surface area contributed by atoms with Crippen LogP contribution in [0.2, 0.25) is 0 Å². The Kier molecular flexibility index (Phi) is 2.75. The number of nitrogens with zero attached hydrogens (tertiary/aromatic N) is 1. The average Bonchev–Trinajstić information content (AvgIpc) is 2.08. The van der Waals surface area contributed by atoms with E-state index < -0.39 is 11.8 Å². The average molecular weight is 234 g/mol. The third kappa shape index (κ3) is 1.61. The minimum absolute atomic E-state index is 0.144. The smallest absolute Gasteiger partial charge is 0.342 e. The summed E-state index contributed by atoms with van der Waals surface area (Å²) < 4.78 is 17.5. The second kappa shape index (κ2) is 3.62. The van der Waals surface area contributed by atoms with E-state index in [1.54, 1.807) is 0 Å². The summed E-state index contributed by atoms with van der Waals surface area (Å²) in [5.41, 5.74) is -0.174. The molecule has 0 radical (unpaired) electrons. The van der Waals surface area contributed by atoms with Gasteiger partial charge in [0, 0.05) is 12.4 Å². The normalized spacial score (nSPS) is 9.58. The number of aromatic nitrogens is 1. The Morgan fingerprint density at radius 1 is 1.67 bits per heavy atom. The molecular formula is C7H5BrFNO2. The first kappa shape index (κ1) is 9.12. The predicted octanol–water partition coefficient (Wildman–Crippen LogP) is 1.77. The molecule has 3 nitrogen and oxygen atoms in total. The molecule has 1 rings (SSSR count). The molecule has 64 valence electrons. The van der Waals surface area contributed by atoms with E-state index in [2.05, 4.69) is 25.7 Å². The van der Waals surface area contributed by atoms with Crippen LogP contribution in [-0.2, 0) is 4.74 Å². The molecule has 0 aromatic carbocycles. The summed E-state index contributed by atoms with van der Waals surface area (Å²) in [4.78, 5) is 14.5. The molecule has 0 unspecified atom stereocenters. The van der Waals surface area contributed by atoms with Gasteiger partial charge in [-0.05, 0) is 15.9 Å². The lowest BCUT2D eigenvalue weighted by molar-refractivity contribution is 0.0594. The van der Waals surface area contributed by atoms with Gasteiger partial charge in [-0.15, -0.1) is 0 Å². The molecule has 0 aliphatic carbocycles. The van der Waals surface area contributed by atoms with Crippen molar-refractivity contribution in [1.82, 2.24) is 4.98 Å². The third-order valence-electron chi connectivity index (χ3n) is 1.24. The fraction of sp³-hybridized carbons (Fsp3) is 0.143. The van der Waals surface area contributed by atoms with Crippen LogP contribution >= 0.6 is 15.9 Å². The van der Waals surface area contributed by atoms with E-state index in [-0.39, 0.29) is 10.0 Å². The van der Waals surface area contributed by atoms with E-state index in [0.29, 0.717) is 0 Å². The fourth-order valence-corrected chi connectivity index (χ4v) is 1.00. The second-order valence-corrected chi connectivity index (χ2v) is 2.83. The summed E-state index contributed by atoms with van der Waals surface area (Å²) in [6, 6.07) is 0. The van der Waals surface area contributed by atoms with Gasteiger partial charge in [0.15, 0.2) is 5.82 Å². The standard InChI is InChI=1S/C7H5BrFNO2/c1-12-7(11)4-2-10-3-5(8)6(4)9/h2-3H,1H3. The van der Waals surface area contributed by atoms with Crippen LogP contribution in [0.3, 0.4) is 0 Å². The molecule has 0 bridgehead atoms. The highest BCUT2D eigenvalue weighted by Crippen LogP contribution is 2.17. The van der Waals surface area contributed by atoms with Crippen molar-refractivity contribution in [2.24, 2.45) is 0 Å². The van der Waals surface area contributed by atoms with Crippen molar-refractivity contribution in [3.05, 3.63) is 28.2 Å². The lowest BCUT2D eigenvalue weighted by atomic mass is 10.3. The molecule has 0 aliphatic rings. The molecule has 0 N–H and O–H groups in total. The molecule has 0 spiro atoms. The first-order valence-corrected chi connectivity index (χ1v) is 3.83. The summed E-state index contributed by atoms with van der Waals surface area (Å²) >= 11 is 2.90. The number of carbonyl (C=O) groups is 1. The number of ether oxygens (including phenoxy) is 1. The number of methoxy groups -OCH3 is 1. The highest BCUT2D eigenvalue weighted by molar-refractivity contribution is 9.10. The number of carbonyl (C=O) groups excluding carboxylic acids is 1. The Morgan fingerprint density at radius 3 is 2.92 bits per heavy atom. The molecule has 0 amide bonds. The van der Waals surface area contributed by atoms with E-state index >= 15 is 0 Å². The van der Waals surface area contributed by atoms with E-state index in [0.717, 1.165) is 6.20 Å². The molecule has 1 heterocycles. The quantitative estimate of drug-likeness (QED) is 0.695. The zero-order valence-corrected chi connectivity index (χ0v) is 7.76. The van der Waals surface area contributed by atoms with Crippen LogP contribution in [0.4, 0.5) is 4.39 Å². The van der Waals surface area contributed by atoms with E-state index in [4.69, 9.17) is 0 Å². The van der Waals surface area contributed by atoms with Crippen LogP contribution in [-0.4, -0.2) is 18.1 Å². The maximum absolute atomic E-state index is 13.1. The number of halogens is 2. The Hall–Kier alpha value is -0.970. The van der Waals surface area contributed by atoms with Crippen molar-refractivity contribution in [3.8, 4) is 0 Å². The maximum Gasteiger partial charge on any atom is 0.342 e. The van der Waals surface area contributed by atoms with Gasteiger partial charge in [0.1, 0.15) is 5.56 Å². The van der Waals surface area contributed by atoms with Crippen molar-refractivity contribution in [1.29, 1.82) is 0 Å². The number of rotatable bonds is 1. The molecule has 0 fully saturated rings. The highest BCUT2D eigenvalue weighted by atomic mass is 79.9. The van der Waals surface area contributed by atoms with Crippen LogP contribution in [0.5, 0.6) is 0 Å². The van der Waals surface area contributed by atoms with Crippen molar-refractivity contribution >= 4 is 21.9 Å². The van der Waals surface area contributed by atoms with Gasteiger partial charge in [0.05, 0.1) is 11.6 Å². The Bertz CT molecular complexity index is 316. The largest absolute Gasteiger partial charge is 0.465 e. The number of pyridine rings is 1. The number of hydrogen-bond donors (Lipinski definition) is 0. The first-order valence-electron chi connectivity index (χ1n) is 3.04. The van der Waals surface area contributed by atoms with Gasteiger partial charge in [-0.3, -0.25) is 4.98 Å². The Morgan fingerprint density at radius 2 is 2.33 bits per heavy atom. The molecule has 0 saturated heterocycles. The van der Waals surface area contributed by atoms with E-state index in [1.165, 1.54) is 13.3 Å². The second-order valence-electron chi connectivity index (χ2n) is 1.97. The number of hydrogen-bond acceptors (Lipinski definition) is 3. The molecule has 1 aromatic rings. The minimum atomic E-state index is -0.735. The van der Waals surface area contributed by atoms with Crippen molar-refractivity contribution in [2.75, 3.05) is 7.11 Å². The van der Waals surface area contributed by atoms with Gasteiger partial charge >= 0.3 is 5.97 Å². The lowest BCUT2D eigenvalue weighted by Gasteiger charge is -2.00. The molecule has 5 heteroatoms. The van der Waals surface area contributed by atoms with Gasteiger partial charge in [-0.2, -0.15) is 0 Å². The molecular weight excluding hydrogens is 229 g/mol. The highest BCUT2D eigenvalue weighted by Gasteiger charge is 2.14. The van der Waals surface area contributed by atoms with E-state index in [1.807, 2.05) is 0 Å². The van der Waals surface area contributed by atoms with Gasteiger partial charge < -0.3 is 4.74 Å². The minimum Gasteiger partial charge on any atom is -0.465 e. The van der Waals surface area contributed by atoms with Crippen LogP contribution in [0.1, 0.15) is 10.4 Å². The van der Waals surface area contributed by atoms with Crippen LogP contribution in [0.15, 0.2) is 16.9 Å². The monoisotopic (exact) mass is 233 g/mol. The van der Waals surface area contributed by atoms with E-state index in [9.17, 15) is 9.18 Å². The van der Waals surface area contributed by atoms with Gasteiger partial charge in [0.25, 0.3) is 0 Å².